The number of hydrogen-bond donors (Lipinski definition) is 1. The van der Waals surface area contributed by atoms with Crippen molar-refractivity contribution in [3.63, 3.8) is 0 Å². The minimum absolute atomic E-state index is 0.0418. The van der Waals surface area contributed by atoms with E-state index >= 15 is 0 Å². The van der Waals surface area contributed by atoms with Gasteiger partial charge in [0.15, 0.2) is 0 Å². The Morgan fingerprint density at radius 1 is 1.29 bits per heavy atom. The number of anilines is 1. The van der Waals surface area contributed by atoms with E-state index in [2.05, 4.69) is 22.1 Å². The molecule has 21 heavy (non-hydrogen) atoms. The highest BCUT2D eigenvalue weighted by atomic mass is 19.3. The Morgan fingerprint density at radius 2 is 1.95 bits per heavy atom. The van der Waals surface area contributed by atoms with E-state index in [0.717, 1.165) is 23.4 Å². The highest BCUT2D eigenvalue weighted by Gasteiger charge is 2.11. The van der Waals surface area contributed by atoms with E-state index in [1.807, 2.05) is 20.2 Å². The van der Waals surface area contributed by atoms with Crippen LogP contribution in [-0.4, -0.2) is 16.4 Å². The molecule has 1 unspecified atom stereocenters. The van der Waals surface area contributed by atoms with Crippen LogP contribution in [-0.2, 0) is 13.5 Å². The topological polar surface area (TPSA) is 39.1 Å². The summed E-state index contributed by atoms with van der Waals surface area (Å²) in [5.74, 6) is 0.163. The summed E-state index contributed by atoms with van der Waals surface area (Å²) >= 11 is 0. The predicted molar refractivity (Wildman–Crippen MR) is 77.7 cm³/mol. The number of halogens is 2. The number of nitrogens with zero attached hydrogens (tertiary/aromatic N) is 2. The highest BCUT2D eigenvalue weighted by molar-refractivity contribution is 5.48. The van der Waals surface area contributed by atoms with Gasteiger partial charge in [-0.1, -0.05) is 19.1 Å². The molecule has 1 atom stereocenters. The third-order valence-electron chi connectivity index (χ3n) is 3.22. The van der Waals surface area contributed by atoms with Crippen LogP contribution < -0.4 is 10.1 Å². The van der Waals surface area contributed by atoms with Gasteiger partial charge >= 0.3 is 6.61 Å². The van der Waals surface area contributed by atoms with Crippen molar-refractivity contribution in [1.82, 2.24) is 9.78 Å². The van der Waals surface area contributed by atoms with Gasteiger partial charge in [0.25, 0.3) is 0 Å². The second-order valence-corrected chi connectivity index (χ2v) is 4.83. The molecule has 0 bridgehead atoms. The smallest absolute Gasteiger partial charge is 0.387 e. The Morgan fingerprint density at radius 3 is 2.52 bits per heavy atom. The normalized spacial score (nSPS) is 12.5. The largest absolute Gasteiger partial charge is 0.435 e. The van der Waals surface area contributed by atoms with Gasteiger partial charge < -0.3 is 10.1 Å². The molecule has 0 saturated carbocycles. The van der Waals surface area contributed by atoms with Gasteiger partial charge in [0.05, 0.1) is 11.4 Å². The number of aromatic nitrogens is 2. The molecule has 114 valence electrons. The Labute approximate surface area is 122 Å². The van der Waals surface area contributed by atoms with Crippen LogP contribution in [0.3, 0.4) is 0 Å². The van der Waals surface area contributed by atoms with Crippen molar-refractivity contribution in [2.24, 2.45) is 7.05 Å². The van der Waals surface area contributed by atoms with Crippen LogP contribution in [0.15, 0.2) is 30.5 Å². The van der Waals surface area contributed by atoms with Gasteiger partial charge in [0.1, 0.15) is 5.75 Å². The Balaban J connectivity index is 2.07. The van der Waals surface area contributed by atoms with Crippen LogP contribution in [0.2, 0.25) is 0 Å². The maximum Gasteiger partial charge on any atom is 0.387 e. The van der Waals surface area contributed by atoms with Gasteiger partial charge in [-0.15, -0.1) is 0 Å². The van der Waals surface area contributed by atoms with E-state index in [9.17, 15) is 8.78 Å². The lowest BCUT2D eigenvalue weighted by atomic mass is 10.1. The molecule has 1 aromatic carbocycles. The molecule has 2 rings (SSSR count). The summed E-state index contributed by atoms with van der Waals surface area (Å²) in [6.07, 6.45) is 2.78. The first-order valence-electron chi connectivity index (χ1n) is 6.83. The van der Waals surface area contributed by atoms with Crippen LogP contribution in [0.25, 0.3) is 0 Å². The minimum Gasteiger partial charge on any atom is -0.435 e. The molecule has 6 heteroatoms. The number of rotatable bonds is 6. The number of nitrogens with one attached hydrogen (secondary N) is 1. The fourth-order valence-corrected chi connectivity index (χ4v) is 2.17. The average molecular weight is 295 g/mol. The summed E-state index contributed by atoms with van der Waals surface area (Å²) < 4.78 is 30.3. The fourth-order valence-electron chi connectivity index (χ4n) is 2.17. The molecule has 1 heterocycles. The summed E-state index contributed by atoms with van der Waals surface area (Å²) in [4.78, 5) is 0. The lowest BCUT2D eigenvalue weighted by Gasteiger charge is -2.15. The molecule has 0 amide bonds. The Bertz CT molecular complexity index is 581. The maximum absolute atomic E-state index is 12.1. The molecular formula is C15H19F2N3O. The zero-order chi connectivity index (χ0) is 15.4. The highest BCUT2D eigenvalue weighted by Crippen LogP contribution is 2.24. The number of alkyl halides is 2. The van der Waals surface area contributed by atoms with Crippen molar-refractivity contribution in [1.29, 1.82) is 0 Å². The van der Waals surface area contributed by atoms with Gasteiger partial charge in [0, 0.05) is 19.3 Å². The molecule has 1 N–H and O–H groups in total. The second-order valence-electron chi connectivity index (χ2n) is 4.83. The molecule has 4 nitrogen and oxygen atoms in total. The Kier molecular flexibility index (Phi) is 4.77. The van der Waals surface area contributed by atoms with E-state index in [-0.39, 0.29) is 11.8 Å². The van der Waals surface area contributed by atoms with Gasteiger partial charge in [-0.25, -0.2) is 0 Å². The lowest BCUT2D eigenvalue weighted by Crippen LogP contribution is -2.08. The van der Waals surface area contributed by atoms with Gasteiger partial charge in [-0.2, -0.15) is 13.9 Å². The second kappa shape index (κ2) is 6.56. The van der Waals surface area contributed by atoms with Crippen molar-refractivity contribution >= 4 is 5.69 Å². The first-order valence-corrected chi connectivity index (χ1v) is 6.83. The zero-order valence-corrected chi connectivity index (χ0v) is 12.3. The quantitative estimate of drug-likeness (QED) is 0.882. The van der Waals surface area contributed by atoms with E-state index in [0.29, 0.717) is 0 Å². The van der Waals surface area contributed by atoms with Crippen molar-refractivity contribution in [2.75, 3.05) is 5.32 Å². The van der Waals surface area contributed by atoms with Crippen LogP contribution in [0.4, 0.5) is 14.5 Å². The van der Waals surface area contributed by atoms with E-state index in [1.54, 1.807) is 28.9 Å². The summed E-state index contributed by atoms with van der Waals surface area (Å²) in [7, 11) is 1.88. The number of benzene rings is 1. The van der Waals surface area contributed by atoms with E-state index < -0.39 is 6.61 Å². The van der Waals surface area contributed by atoms with Crippen molar-refractivity contribution in [2.45, 2.75) is 32.9 Å². The fraction of sp³-hybridized carbons (Fsp3) is 0.400. The van der Waals surface area contributed by atoms with Crippen LogP contribution in [0.1, 0.15) is 31.1 Å². The molecule has 1 aromatic heterocycles. The number of ether oxygens (including phenoxy) is 1. The first kappa shape index (κ1) is 15.3. The lowest BCUT2D eigenvalue weighted by molar-refractivity contribution is -0.0498. The summed E-state index contributed by atoms with van der Waals surface area (Å²) in [5.41, 5.74) is 2.98. The molecule has 0 aliphatic carbocycles. The van der Waals surface area contributed by atoms with Crippen molar-refractivity contribution in [3.05, 3.63) is 41.7 Å². The molecule has 0 aliphatic rings. The van der Waals surface area contributed by atoms with Crippen LogP contribution in [0, 0.1) is 0 Å². The van der Waals surface area contributed by atoms with Gasteiger partial charge in [0.2, 0.25) is 0 Å². The average Bonchev–Trinajstić information content (AvgIpc) is 2.78. The molecule has 0 spiro atoms. The minimum atomic E-state index is -2.80. The third kappa shape index (κ3) is 3.93. The van der Waals surface area contributed by atoms with Gasteiger partial charge in [-0.05, 0) is 31.0 Å². The SMILES string of the molecule is CCc1nn(C)cc1NC(C)c1ccc(OC(F)F)cc1. The third-order valence-corrected chi connectivity index (χ3v) is 3.22. The predicted octanol–water partition coefficient (Wildman–Crippen LogP) is 3.76. The molecule has 0 saturated heterocycles. The monoisotopic (exact) mass is 295 g/mol. The number of hydrogen-bond acceptors (Lipinski definition) is 3. The van der Waals surface area contributed by atoms with Gasteiger partial charge in [-0.3, -0.25) is 4.68 Å². The van der Waals surface area contributed by atoms with Crippen LogP contribution >= 0.6 is 0 Å². The summed E-state index contributed by atoms with van der Waals surface area (Å²) in [5, 5.41) is 7.76. The van der Waals surface area contributed by atoms with Crippen molar-refractivity contribution in [3.8, 4) is 5.75 Å². The van der Waals surface area contributed by atoms with E-state index in [4.69, 9.17) is 0 Å². The first-order chi connectivity index (χ1) is 9.99. The van der Waals surface area contributed by atoms with Crippen molar-refractivity contribution < 1.29 is 13.5 Å². The molecular weight excluding hydrogens is 276 g/mol. The summed E-state index contributed by atoms with van der Waals surface area (Å²) in [6, 6.07) is 6.68. The standard InChI is InChI=1S/C15H19F2N3O/c1-4-13-14(9-20(3)19-13)18-10(2)11-5-7-12(8-6-11)21-15(16)17/h5-10,15,18H,4H2,1-3H3. The summed E-state index contributed by atoms with van der Waals surface area (Å²) in [6.45, 7) is 1.26. The molecule has 0 radical (unpaired) electrons. The zero-order valence-electron chi connectivity index (χ0n) is 12.3. The van der Waals surface area contributed by atoms with Crippen LogP contribution in [0.5, 0.6) is 5.75 Å². The number of aryl methyl sites for hydroxylation is 2. The Hall–Kier alpha value is -2.11. The molecule has 0 aliphatic heterocycles. The van der Waals surface area contributed by atoms with E-state index in [1.165, 1.54) is 0 Å². The molecule has 2 aromatic rings. The maximum atomic E-state index is 12.1. The molecule has 0 fully saturated rings.